The van der Waals surface area contributed by atoms with Crippen LogP contribution in [0, 0.1) is 0 Å². The number of amides is 3. The summed E-state index contributed by atoms with van der Waals surface area (Å²) >= 11 is 0. The molecule has 38 heavy (non-hydrogen) atoms. The molecule has 0 aliphatic rings. The number of rotatable bonds is 10. The number of phenols is 1. The molecular formula is C31H29N3O4. The second-order valence-electron chi connectivity index (χ2n) is 9.07. The molecule has 0 saturated heterocycles. The summed E-state index contributed by atoms with van der Waals surface area (Å²) in [6.07, 6.45) is 0.0938. The number of nitrogens with zero attached hydrogens (tertiary/aromatic N) is 1. The van der Waals surface area contributed by atoms with Crippen LogP contribution >= 0.6 is 0 Å². The summed E-state index contributed by atoms with van der Waals surface area (Å²) in [5.41, 5.74) is 14.6. The lowest BCUT2D eigenvalue weighted by molar-refractivity contribution is -0.140. The molecule has 4 rings (SSSR count). The van der Waals surface area contributed by atoms with Crippen LogP contribution in [0.1, 0.15) is 38.5 Å². The van der Waals surface area contributed by atoms with Crippen molar-refractivity contribution >= 4 is 17.7 Å². The van der Waals surface area contributed by atoms with Gasteiger partial charge in [0.25, 0.3) is 0 Å². The Morgan fingerprint density at radius 1 is 0.711 bits per heavy atom. The van der Waals surface area contributed by atoms with Gasteiger partial charge in [0, 0.05) is 18.5 Å². The highest BCUT2D eigenvalue weighted by molar-refractivity contribution is 5.93. The fourth-order valence-electron chi connectivity index (χ4n) is 4.51. The molecule has 5 N–H and O–H groups in total. The van der Waals surface area contributed by atoms with Crippen LogP contribution in [0.25, 0.3) is 0 Å². The molecule has 4 aromatic rings. The predicted molar refractivity (Wildman–Crippen MR) is 145 cm³/mol. The van der Waals surface area contributed by atoms with E-state index in [1.165, 1.54) is 17.0 Å². The van der Waals surface area contributed by atoms with Crippen molar-refractivity contribution in [3.8, 4) is 5.75 Å². The maximum atomic E-state index is 14.4. The molecule has 0 aromatic heterocycles. The molecule has 0 radical (unpaired) electrons. The van der Waals surface area contributed by atoms with E-state index in [0.717, 1.165) is 11.1 Å². The Bertz CT molecular complexity index is 1370. The van der Waals surface area contributed by atoms with Gasteiger partial charge in [-0.3, -0.25) is 14.4 Å². The molecule has 0 aliphatic heterocycles. The Morgan fingerprint density at radius 3 is 1.82 bits per heavy atom. The smallest absolute Gasteiger partial charge is 0.248 e. The van der Waals surface area contributed by atoms with Gasteiger partial charge in [0.05, 0.1) is 5.92 Å². The van der Waals surface area contributed by atoms with E-state index in [1.807, 2.05) is 60.7 Å². The average Bonchev–Trinajstić information content (AvgIpc) is 2.93. The zero-order chi connectivity index (χ0) is 27.1. The van der Waals surface area contributed by atoms with Crippen LogP contribution in [0.2, 0.25) is 0 Å². The van der Waals surface area contributed by atoms with Crippen molar-refractivity contribution in [3.63, 3.8) is 0 Å². The van der Waals surface area contributed by atoms with Gasteiger partial charge < -0.3 is 21.5 Å². The fraction of sp³-hybridized carbons (Fsp3) is 0.129. The molecule has 3 amide bonds. The van der Waals surface area contributed by atoms with Crippen molar-refractivity contribution < 1.29 is 19.5 Å². The Morgan fingerprint density at radius 2 is 1.29 bits per heavy atom. The van der Waals surface area contributed by atoms with E-state index in [2.05, 4.69) is 0 Å². The Labute approximate surface area is 221 Å². The number of nitrogens with two attached hydrogens (primary N) is 2. The van der Waals surface area contributed by atoms with Crippen molar-refractivity contribution in [2.45, 2.75) is 24.9 Å². The quantitative estimate of drug-likeness (QED) is 0.302. The molecule has 0 heterocycles. The lowest BCUT2D eigenvalue weighted by Crippen LogP contribution is -2.50. The number of hydrogen-bond acceptors (Lipinski definition) is 4. The molecule has 4 aromatic carbocycles. The summed E-state index contributed by atoms with van der Waals surface area (Å²) in [5, 5.41) is 9.76. The van der Waals surface area contributed by atoms with Crippen molar-refractivity contribution in [3.05, 3.63) is 137 Å². The summed E-state index contributed by atoms with van der Waals surface area (Å²) in [6, 6.07) is 30.8. The highest BCUT2D eigenvalue weighted by atomic mass is 16.3. The van der Waals surface area contributed by atoms with E-state index < -0.39 is 23.8 Å². The maximum absolute atomic E-state index is 14.4. The zero-order valence-corrected chi connectivity index (χ0v) is 20.7. The molecule has 7 nitrogen and oxygen atoms in total. The zero-order valence-electron chi connectivity index (χ0n) is 20.7. The lowest BCUT2D eigenvalue weighted by Gasteiger charge is -2.33. The molecule has 192 valence electrons. The molecule has 0 spiro atoms. The Balaban J connectivity index is 1.79. The summed E-state index contributed by atoms with van der Waals surface area (Å²) in [6.45, 7) is 0.0817. The summed E-state index contributed by atoms with van der Waals surface area (Å²) in [4.78, 5) is 40.5. The molecule has 0 aliphatic carbocycles. The number of carbonyl (C=O) groups is 3. The third-order valence-corrected chi connectivity index (χ3v) is 6.43. The SMILES string of the molecule is NC(=O)c1cccc(C[C@H](C(N)=O)N(Cc2ccc(O)cc2)C(=O)C(c2ccccc2)c2ccccc2)c1. The van der Waals surface area contributed by atoms with Gasteiger partial charge >= 0.3 is 0 Å². The Hall–Kier alpha value is -4.91. The van der Waals surface area contributed by atoms with Crippen LogP contribution in [0.4, 0.5) is 0 Å². The van der Waals surface area contributed by atoms with Crippen LogP contribution < -0.4 is 11.5 Å². The maximum Gasteiger partial charge on any atom is 0.248 e. The first-order chi connectivity index (χ1) is 18.3. The largest absolute Gasteiger partial charge is 0.508 e. The average molecular weight is 508 g/mol. The van der Waals surface area contributed by atoms with Crippen molar-refractivity contribution in [2.75, 3.05) is 0 Å². The van der Waals surface area contributed by atoms with Gasteiger partial charge in [-0.1, -0.05) is 84.9 Å². The van der Waals surface area contributed by atoms with Crippen molar-refractivity contribution in [2.24, 2.45) is 11.5 Å². The van der Waals surface area contributed by atoms with E-state index in [0.29, 0.717) is 16.7 Å². The molecule has 0 unspecified atom stereocenters. The van der Waals surface area contributed by atoms with Gasteiger partial charge in [0.15, 0.2) is 0 Å². The monoisotopic (exact) mass is 507 g/mol. The third kappa shape index (κ3) is 6.25. The van der Waals surface area contributed by atoms with Gasteiger partial charge in [0.1, 0.15) is 11.8 Å². The molecule has 0 fully saturated rings. The van der Waals surface area contributed by atoms with Gasteiger partial charge in [0.2, 0.25) is 17.7 Å². The minimum atomic E-state index is -1.02. The molecule has 7 heteroatoms. The van der Waals surface area contributed by atoms with Crippen LogP contribution in [0.15, 0.2) is 109 Å². The van der Waals surface area contributed by atoms with Crippen molar-refractivity contribution in [1.82, 2.24) is 4.90 Å². The van der Waals surface area contributed by atoms with E-state index in [9.17, 15) is 19.5 Å². The standard InChI is InChI=1S/C31H29N3O4/c32-29(36)25-13-7-8-22(18-25)19-27(30(33)37)34(20-21-14-16-26(35)17-15-21)31(38)28(23-9-3-1-4-10-23)24-11-5-2-6-12-24/h1-18,27-28,35H,19-20H2,(H2,32,36)(H2,33,37)/t27-/m1/s1. The van der Waals surface area contributed by atoms with E-state index in [-0.39, 0.29) is 24.6 Å². The number of carbonyl (C=O) groups excluding carboxylic acids is 3. The number of benzene rings is 4. The molecule has 0 saturated carbocycles. The van der Waals surface area contributed by atoms with Gasteiger partial charge in [-0.15, -0.1) is 0 Å². The van der Waals surface area contributed by atoms with Crippen LogP contribution in [0.3, 0.4) is 0 Å². The van der Waals surface area contributed by atoms with Crippen molar-refractivity contribution in [1.29, 1.82) is 0 Å². The third-order valence-electron chi connectivity index (χ3n) is 6.43. The molecule has 0 bridgehead atoms. The predicted octanol–water partition coefficient (Wildman–Crippen LogP) is 3.75. The first-order valence-electron chi connectivity index (χ1n) is 12.2. The lowest BCUT2D eigenvalue weighted by atomic mass is 9.88. The second kappa shape index (κ2) is 11.9. The minimum Gasteiger partial charge on any atom is -0.508 e. The van der Waals surface area contributed by atoms with E-state index in [1.54, 1.807) is 36.4 Å². The van der Waals surface area contributed by atoms with Crippen LogP contribution in [-0.2, 0) is 22.6 Å². The first-order valence-corrected chi connectivity index (χ1v) is 12.2. The summed E-state index contributed by atoms with van der Waals surface area (Å²) in [7, 11) is 0. The Kier molecular flexibility index (Phi) is 8.18. The molecular weight excluding hydrogens is 478 g/mol. The number of hydrogen-bond donors (Lipinski definition) is 3. The summed E-state index contributed by atoms with van der Waals surface area (Å²) < 4.78 is 0. The first kappa shape index (κ1) is 26.2. The fourth-order valence-corrected chi connectivity index (χ4v) is 4.51. The highest BCUT2D eigenvalue weighted by Crippen LogP contribution is 2.29. The van der Waals surface area contributed by atoms with Gasteiger partial charge in [-0.05, 0) is 46.5 Å². The normalized spacial score (nSPS) is 11.6. The second-order valence-corrected chi connectivity index (χ2v) is 9.07. The van der Waals surface area contributed by atoms with E-state index in [4.69, 9.17) is 11.5 Å². The van der Waals surface area contributed by atoms with E-state index >= 15 is 0 Å². The number of primary amides is 2. The van der Waals surface area contributed by atoms with Crippen LogP contribution in [0.5, 0.6) is 5.75 Å². The molecule has 1 atom stereocenters. The minimum absolute atomic E-state index is 0.0817. The summed E-state index contributed by atoms with van der Waals surface area (Å²) in [5.74, 6) is -2.17. The number of aromatic hydroxyl groups is 1. The highest BCUT2D eigenvalue weighted by Gasteiger charge is 2.34. The number of phenolic OH excluding ortho intramolecular Hbond substituents is 1. The van der Waals surface area contributed by atoms with Gasteiger partial charge in [-0.25, -0.2) is 0 Å². The van der Waals surface area contributed by atoms with Crippen LogP contribution in [-0.4, -0.2) is 33.8 Å². The van der Waals surface area contributed by atoms with Gasteiger partial charge in [-0.2, -0.15) is 0 Å². The topological polar surface area (TPSA) is 127 Å².